The molecule has 6 heteroatoms. The summed E-state index contributed by atoms with van der Waals surface area (Å²) in [6.45, 7) is 18.6. The third kappa shape index (κ3) is 6.05. The second-order valence-corrected chi connectivity index (χ2v) is 21.3. The zero-order valence-electron chi connectivity index (χ0n) is 42.5. The normalized spacial score (nSPS) is 13.7. The minimum atomic E-state index is -0.270. The van der Waals surface area contributed by atoms with Crippen LogP contribution >= 0.6 is 0 Å². The van der Waals surface area contributed by atoms with Crippen LogP contribution in [0.4, 0.5) is 5.69 Å². The summed E-state index contributed by atoms with van der Waals surface area (Å²) in [5, 5.41) is 4.78. The van der Waals surface area contributed by atoms with Crippen molar-refractivity contribution in [3.05, 3.63) is 252 Å². The lowest BCUT2D eigenvalue weighted by atomic mass is 9.80. The van der Waals surface area contributed by atoms with Crippen LogP contribution in [0.1, 0.15) is 49.9 Å². The average molecular weight is 973 g/mol. The fourth-order valence-corrected chi connectivity index (χ4v) is 13.4. The van der Waals surface area contributed by atoms with Gasteiger partial charge in [0.15, 0.2) is 23.2 Å². The molecule has 0 spiro atoms. The molecular weight excluding hydrogens is 925 g/mol. The summed E-state index contributed by atoms with van der Waals surface area (Å²) in [6, 6.07) is 77.5. The van der Waals surface area contributed by atoms with Gasteiger partial charge in [-0.2, -0.15) is 0 Å². The van der Waals surface area contributed by atoms with Crippen molar-refractivity contribution in [3.8, 4) is 78.9 Å². The Hall–Kier alpha value is -9.70. The first-order chi connectivity index (χ1) is 37.2. The van der Waals surface area contributed by atoms with Crippen LogP contribution < -0.4 is 0 Å². The molecule has 2 aliphatic rings. The van der Waals surface area contributed by atoms with Crippen LogP contribution in [0.3, 0.4) is 0 Å². The standard InChI is InChI=1S/C70H48N6/c1-69(2)51-31-16-12-26-44(51)46-38-40-58-61(64(46)69)48-28-14-18-34-54(48)75(58)56-36-20-30-50(68-73-66(42-22-8-6-9-23-42)72-67(74-68)43-24-10-7-11-25-43)60(56)63-53(71-5)33-21-37-57(63)76-55-35-19-15-29-49(55)62-59(76)41-39-47-45-27-13-17-32-52(45)70(3,4)65(47)62/h6-41H,1-4H3. The van der Waals surface area contributed by atoms with Gasteiger partial charge in [0.2, 0.25) is 0 Å². The Morgan fingerprint density at radius 2 is 0.776 bits per heavy atom. The Morgan fingerprint density at radius 3 is 1.29 bits per heavy atom. The molecule has 0 bridgehead atoms. The highest BCUT2D eigenvalue weighted by molar-refractivity contribution is 6.17. The first-order valence-electron chi connectivity index (χ1n) is 26.1. The van der Waals surface area contributed by atoms with Crippen LogP contribution in [0.2, 0.25) is 0 Å². The first-order valence-corrected chi connectivity index (χ1v) is 26.1. The minimum Gasteiger partial charge on any atom is -0.310 e. The quantitative estimate of drug-likeness (QED) is 0.156. The van der Waals surface area contributed by atoms with Crippen molar-refractivity contribution in [3.63, 3.8) is 0 Å². The lowest BCUT2D eigenvalue weighted by Gasteiger charge is -2.24. The smallest absolute Gasteiger partial charge is 0.197 e. The predicted octanol–water partition coefficient (Wildman–Crippen LogP) is 17.9. The van der Waals surface area contributed by atoms with E-state index in [-0.39, 0.29) is 10.8 Å². The van der Waals surface area contributed by atoms with E-state index in [4.69, 9.17) is 21.5 Å². The average Bonchev–Trinajstić information content (AvgIpc) is 4.35. The molecular formula is C70H48N6. The van der Waals surface area contributed by atoms with Crippen LogP contribution in [0.15, 0.2) is 218 Å². The van der Waals surface area contributed by atoms with Crippen molar-refractivity contribution in [2.24, 2.45) is 0 Å². The maximum atomic E-state index is 9.14. The van der Waals surface area contributed by atoms with Crippen molar-refractivity contribution in [2.45, 2.75) is 38.5 Å². The van der Waals surface area contributed by atoms with E-state index in [2.05, 4.69) is 187 Å². The van der Waals surface area contributed by atoms with Crippen LogP contribution in [0.25, 0.3) is 127 Å². The van der Waals surface area contributed by atoms with Gasteiger partial charge in [-0.25, -0.2) is 19.8 Å². The highest BCUT2D eigenvalue weighted by Crippen LogP contribution is 2.56. The van der Waals surface area contributed by atoms with Gasteiger partial charge in [0.25, 0.3) is 0 Å². The van der Waals surface area contributed by atoms with E-state index in [1.54, 1.807) is 0 Å². The summed E-state index contributed by atoms with van der Waals surface area (Å²) in [7, 11) is 0. The van der Waals surface area contributed by atoms with Crippen LogP contribution in [0.5, 0.6) is 0 Å². The fourth-order valence-electron chi connectivity index (χ4n) is 13.4. The molecule has 0 saturated heterocycles. The molecule has 0 radical (unpaired) electrons. The number of rotatable bonds is 6. The molecule has 358 valence electrons. The van der Waals surface area contributed by atoms with Crippen LogP contribution in [0, 0.1) is 6.57 Å². The van der Waals surface area contributed by atoms with Crippen molar-refractivity contribution in [1.82, 2.24) is 24.1 Å². The molecule has 0 atom stereocenters. The topological polar surface area (TPSA) is 52.9 Å². The summed E-state index contributed by atoms with van der Waals surface area (Å²) >= 11 is 0. The molecule has 0 aliphatic heterocycles. The van der Waals surface area contributed by atoms with E-state index in [1.165, 1.54) is 66.1 Å². The Morgan fingerprint density at radius 1 is 0.355 bits per heavy atom. The van der Waals surface area contributed by atoms with Crippen LogP contribution in [-0.4, -0.2) is 24.1 Å². The Labute approximate surface area is 440 Å². The number of para-hydroxylation sites is 2. The van der Waals surface area contributed by atoms with E-state index in [1.807, 2.05) is 72.8 Å². The van der Waals surface area contributed by atoms with E-state index < -0.39 is 0 Å². The Bertz CT molecular complexity index is 4590. The summed E-state index contributed by atoms with van der Waals surface area (Å²) in [4.78, 5) is 20.5. The summed E-state index contributed by atoms with van der Waals surface area (Å²) < 4.78 is 4.84. The monoisotopic (exact) mass is 972 g/mol. The van der Waals surface area contributed by atoms with Gasteiger partial charge in [0, 0.05) is 65.9 Å². The molecule has 15 rings (SSSR count). The van der Waals surface area contributed by atoms with Gasteiger partial charge in [0.1, 0.15) is 0 Å². The number of nitrogens with zero attached hydrogens (tertiary/aromatic N) is 6. The lowest BCUT2D eigenvalue weighted by Crippen LogP contribution is -2.15. The van der Waals surface area contributed by atoms with Gasteiger partial charge in [0.05, 0.1) is 34.3 Å². The number of fused-ring (bicyclic) bond motifs is 14. The molecule has 6 nitrogen and oxygen atoms in total. The van der Waals surface area contributed by atoms with Gasteiger partial charge >= 0.3 is 0 Å². The SMILES string of the molecule is [C-]#[N+]c1cccc(-n2c3ccccc3c3c4c(ccc32)-c2ccccc2C4(C)C)c1-c1c(-c2nc(-c3ccccc3)nc(-c3ccccc3)n2)cccc1-n1c2ccccc2c2c3c(ccc21)-c1ccccc1C3(C)C. The van der Waals surface area contributed by atoms with E-state index in [9.17, 15) is 0 Å². The fraction of sp³-hybridized carbons (Fsp3) is 0.0857. The van der Waals surface area contributed by atoms with Gasteiger partial charge < -0.3 is 9.13 Å². The summed E-state index contributed by atoms with van der Waals surface area (Å²) in [6.07, 6.45) is 0. The van der Waals surface area contributed by atoms with E-state index >= 15 is 0 Å². The van der Waals surface area contributed by atoms with E-state index in [0.29, 0.717) is 23.2 Å². The van der Waals surface area contributed by atoms with Gasteiger partial charge in [-0.1, -0.05) is 210 Å². The summed E-state index contributed by atoms with van der Waals surface area (Å²) in [5.74, 6) is 1.63. The largest absolute Gasteiger partial charge is 0.310 e. The third-order valence-electron chi connectivity index (χ3n) is 16.6. The molecule has 0 N–H and O–H groups in total. The number of benzene rings is 10. The molecule has 3 aromatic heterocycles. The predicted molar refractivity (Wildman–Crippen MR) is 312 cm³/mol. The number of aromatic nitrogens is 5. The molecule has 13 aromatic rings. The summed E-state index contributed by atoms with van der Waals surface area (Å²) in [5.41, 5.74) is 20.6. The van der Waals surface area contributed by atoms with Gasteiger partial charge in [-0.3, -0.25) is 0 Å². The molecule has 10 aromatic carbocycles. The molecule has 0 amide bonds. The minimum absolute atomic E-state index is 0.264. The first kappa shape index (κ1) is 43.8. The number of hydrogen-bond donors (Lipinski definition) is 0. The second kappa shape index (κ2) is 16.1. The number of hydrogen-bond acceptors (Lipinski definition) is 3. The highest BCUT2D eigenvalue weighted by atomic mass is 15.0. The Kier molecular flexibility index (Phi) is 9.32. The molecule has 2 aliphatic carbocycles. The molecule has 3 heterocycles. The highest BCUT2D eigenvalue weighted by Gasteiger charge is 2.40. The molecule has 0 fully saturated rings. The van der Waals surface area contributed by atoms with Crippen LogP contribution in [-0.2, 0) is 10.8 Å². The van der Waals surface area contributed by atoms with Gasteiger partial charge in [-0.15, -0.1) is 0 Å². The van der Waals surface area contributed by atoms with E-state index in [0.717, 1.165) is 61.3 Å². The zero-order chi connectivity index (χ0) is 51.0. The van der Waals surface area contributed by atoms with Crippen molar-refractivity contribution in [1.29, 1.82) is 0 Å². The lowest BCUT2D eigenvalue weighted by molar-refractivity contribution is 0.666. The Balaban J connectivity index is 1.10. The molecule has 76 heavy (non-hydrogen) atoms. The third-order valence-corrected chi connectivity index (χ3v) is 16.6. The van der Waals surface area contributed by atoms with Crippen molar-refractivity contribution >= 4 is 49.3 Å². The molecule has 0 unspecified atom stereocenters. The van der Waals surface area contributed by atoms with Gasteiger partial charge in [-0.05, 0) is 80.9 Å². The molecule has 0 saturated carbocycles. The van der Waals surface area contributed by atoms with Crippen molar-refractivity contribution in [2.75, 3.05) is 0 Å². The second-order valence-electron chi connectivity index (χ2n) is 21.3. The van der Waals surface area contributed by atoms with Crippen molar-refractivity contribution < 1.29 is 0 Å². The maximum absolute atomic E-state index is 9.14. The maximum Gasteiger partial charge on any atom is 0.197 e. The zero-order valence-corrected chi connectivity index (χ0v) is 42.5.